The standard InChI is InChI=1S/C64H61N3O/c1-37(2)42-22-24-44(25-23-42)46-30-31-65-58(36-46)55-35-48(43-16-12-11-13-17-43)34-54-52-20-15-21-57-61(52)67-63(56-33-47(38(3)4)32-53(41(9)10)62(56)68-64(65,67)60(54)55)66(57)49-28-26-45(27-29-49)59-50(39(5)6)18-14-19-51(59)40(7)8/h11-41H,1-10H3/q+2/i37D,39D,40D. The van der Waals surface area contributed by atoms with Gasteiger partial charge in [-0.25, -0.2) is 0 Å². The molecular weight excluding hydrogens is 827 g/mol. The number of hydrogen-bond acceptors (Lipinski definition) is 1. The van der Waals surface area contributed by atoms with E-state index < -0.39 is 23.5 Å². The lowest BCUT2D eigenvalue weighted by Gasteiger charge is -2.34. The average Bonchev–Trinajstić information content (AvgIpc) is 3.84. The largest absolute Gasteiger partial charge is 0.499 e. The summed E-state index contributed by atoms with van der Waals surface area (Å²) in [4.78, 5) is 0. The number of rotatable bonds is 9. The van der Waals surface area contributed by atoms with E-state index in [1.165, 1.54) is 11.1 Å². The van der Waals surface area contributed by atoms with Gasteiger partial charge in [-0.1, -0.05) is 166 Å². The lowest BCUT2D eigenvalue weighted by molar-refractivity contribution is -0.997. The van der Waals surface area contributed by atoms with E-state index in [1.807, 2.05) is 47.6 Å². The molecule has 0 saturated carbocycles. The topological polar surface area (TPSA) is 21.9 Å². The van der Waals surface area contributed by atoms with E-state index in [0.717, 1.165) is 112 Å². The Morgan fingerprint density at radius 1 is 0.500 bits per heavy atom. The van der Waals surface area contributed by atoms with Gasteiger partial charge in [-0.05, 0) is 133 Å². The van der Waals surface area contributed by atoms with Crippen molar-refractivity contribution in [2.75, 3.05) is 0 Å². The fraction of sp³-hybridized carbons (Fsp3) is 0.250. The Labute approximate surface area is 406 Å². The van der Waals surface area contributed by atoms with Gasteiger partial charge >= 0.3 is 11.7 Å². The lowest BCUT2D eigenvalue weighted by Crippen LogP contribution is -2.78. The van der Waals surface area contributed by atoms with Crippen LogP contribution in [0.1, 0.15) is 136 Å². The van der Waals surface area contributed by atoms with Crippen LogP contribution in [0.4, 0.5) is 0 Å². The van der Waals surface area contributed by atoms with Crippen molar-refractivity contribution in [2.45, 2.75) is 105 Å². The van der Waals surface area contributed by atoms with Crippen LogP contribution in [0.5, 0.6) is 5.75 Å². The number of para-hydroxylation sites is 1. The first-order valence-electron chi connectivity index (χ1n) is 25.9. The average molecular weight is 891 g/mol. The molecule has 0 aliphatic carbocycles. The molecule has 1 spiro atoms. The van der Waals surface area contributed by atoms with Gasteiger partial charge in [0, 0.05) is 27.4 Å². The number of benzene rings is 7. The molecule has 0 N–H and O–H groups in total. The molecule has 4 nitrogen and oxygen atoms in total. The molecule has 1 unspecified atom stereocenters. The highest BCUT2D eigenvalue weighted by Gasteiger charge is 2.69. The van der Waals surface area contributed by atoms with Crippen molar-refractivity contribution in [1.82, 2.24) is 4.57 Å². The summed E-state index contributed by atoms with van der Waals surface area (Å²) in [5, 5.41) is 0. The predicted octanol–water partition coefficient (Wildman–Crippen LogP) is 16.1. The van der Waals surface area contributed by atoms with Gasteiger partial charge < -0.3 is 4.74 Å². The fourth-order valence-electron chi connectivity index (χ4n) is 11.5. The van der Waals surface area contributed by atoms with Gasteiger partial charge in [0.1, 0.15) is 16.8 Å². The monoisotopic (exact) mass is 890 g/mol. The number of hydrogen-bond donors (Lipinski definition) is 0. The smallest absolute Gasteiger partial charge is 0.392 e. The van der Waals surface area contributed by atoms with Crippen LogP contribution in [0.15, 0.2) is 158 Å². The van der Waals surface area contributed by atoms with E-state index in [1.54, 1.807) is 0 Å². The van der Waals surface area contributed by atoms with Crippen LogP contribution in [0, 0.1) is 0 Å². The van der Waals surface area contributed by atoms with Gasteiger partial charge in [0.25, 0.3) is 0 Å². The Balaban J connectivity index is 1.19. The third-order valence-corrected chi connectivity index (χ3v) is 14.9. The zero-order valence-corrected chi connectivity index (χ0v) is 40.9. The Morgan fingerprint density at radius 2 is 1.16 bits per heavy atom. The molecule has 1 atom stereocenters. The SMILES string of the molecule is [2H]C(C)(C)c1ccc(-c2cc[n+]3c(c2)-c2cc(-c4ccccc4)cc4c2C32Oc3c(cc(C(C)C)cc3C(C)C)-c3n(-c5ccc(-c6c(C([2H])(C)C)cccc6C([2H])(C)C)cc5)c5cccc-4c5[n+]32)cc1. The van der Waals surface area contributed by atoms with Crippen molar-refractivity contribution in [3.8, 4) is 78.6 Å². The van der Waals surface area contributed by atoms with Crippen molar-refractivity contribution in [1.29, 1.82) is 0 Å². The minimum atomic E-state index is -1.14. The molecule has 7 aromatic carbocycles. The molecule has 4 heteroatoms. The van der Waals surface area contributed by atoms with Crippen molar-refractivity contribution >= 4 is 11.0 Å². The van der Waals surface area contributed by atoms with Gasteiger partial charge in [0.2, 0.25) is 5.69 Å². The van der Waals surface area contributed by atoms with Gasteiger partial charge in [-0.2, -0.15) is 4.57 Å². The van der Waals surface area contributed by atoms with Crippen LogP contribution < -0.4 is 13.9 Å². The Hall–Kier alpha value is -7.04. The minimum absolute atomic E-state index is 0.169. The summed E-state index contributed by atoms with van der Waals surface area (Å²) in [6.07, 6.45) is 2.24. The van der Waals surface area contributed by atoms with Gasteiger partial charge in [0.05, 0.1) is 5.56 Å². The molecule has 336 valence electrons. The number of ether oxygens (including phenoxy) is 1. The first kappa shape index (κ1) is 39.0. The van der Waals surface area contributed by atoms with Crippen LogP contribution in [-0.2, 0) is 5.85 Å². The summed E-state index contributed by atoms with van der Waals surface area (Å²) in [6, 6.07) is 55.0. The maximum Gasteiger partial charge on any atom is 0.499 e. The maximum atomic E-state index is 9.23. The van der Waals surface area contributed by atoms with E-state index in [4.69, 9.17) is 6.11 Å². The molecule has 0 fully saturated rings. The van der Waals surface area contributed by atoms with Crippen LogP contribution in [0.25, 0.3) is 83.9 Å². The van der Waals surface area contributed by atoms with Crippen LogP contribution in [0.2, 0.25) is 0 Å². The second-order valence-corrected chi connectivity index (χ2v) is 20.5. The highest BCUT2D eigenvalue weighted by atomic mass is 16.5. The molecule has 5 heterocycles. The molecule has 68 heavy (non-hydrogen) atoms. The van der Waals surface area contributed by atoms with E-state index in [0.29, 0.717) is 0 Å². The Morgan fingerprint density at radius 3 is 1.82 bits per heavy atom. The van der Waals surface area contributed by atoms with E-state index in [9.17, 15) is 2.74 Å². The summed E-state index contributed by atoms with van der Waals surface area (Å²) in [5.41, 5.74) is 21.5. The first-order valence-corrected chi connectivity index (χ1v) is 24.4. The molecule has 9 aromatic rings. The zero-order chi connectivity index (χ0) is 49.7. The Bertz CT molecular complexity index is 3630. The van der Waals surface area contributed by atoms with Crippen molar-refractivity contribution in [2.24, 2.45) is 0 Å². The van der Waals surface area contributed by atoms with Gasteiger partial charge in [-0.15, -0.1) is 9.13 Å². The summed E-state index contributed by atoms with van der Waals surface area (Å²) >= 11 is 0. The molecular formula is C64H61N3O+2. The Kier molecular flexibility index (Phi) is 8.89. The molecule has 3 aliphatic rings. The second-order valence-electron chi connectivity index (χ2n) is 20.5. The maximum absolute atomic E-state index is 9.23. The molecule has 3 aliphatic heterocycles. The number of imidazole rings is 1. The zero-order valence-electron chi connectivity index (χ0n) is 43.9. The molecule has 0 bridgehead atoms. The molecule has 0 saturated heterocycles. The van der Waals surface area contributed by atoms with Gasteiger partial charge in [-0.3, -0.25) is 0 Å². The number of nitrogens with zero attached hydrogens (tertiary/aromatic N) is 3. The second kappa shape index (κ2) is 15.5. The summed E-state index contributed by atoms with van der Waals surface area (Å²) < 4.78 is 42.6. The van der Waals surface area contributed by atoms with Crippen LogP contribution >= 0.6 is 0 Å². The van der Waals surface area contributed by atoms with E-state index in [-0.39, 0.29) is 11.8 Å². The van der Waals surface area contributed by atoms with Crippen LogP contribution in [-0.4, -0.2) is 4.57 Å². The quantitative estimate of drug-likeness (QED) is 0.132. The predicted molar refractivity (Wildman–Crippen MR) is 280 cm³/mol. The number of pyridine rings is 1. The number of aromatic nitrogens is 3. The van der Waals surface area contributed by atoms with Crippen molar-refractivity contribution in [3.63, 3.8) is 0 Å². The number of fused-ring (bicyclic) bond motifs is 5. The van der Waals surface area contributed by atoms with E-state index in [2.05, 4.69) is 193 Å². The third-order valence-electron chi connectivity index (χ3n) is 14.9. The fourth-order valence-corrected chi connectivity index (χ4v) is 11.5. The third kappa shape index (κ3) is 6.05. The minimum Gasteiger partial charge on any atom is -0.392 e. The van der Waals surface area contributed by atoms with Gasteiger partial charge in [0.15, 0.2) is 23.0 Å². The summed E-state index contributed by atoms with van der Waals surface area (Å²) in [6.45, 7) is 20.7. The molecule has 12 rings (SSSR count). The van der Waals surface area contributed by atoms with Crippen molar-refractivity contribution < 1.29 is 18.0 Å². The normalized spacial score (nSPS) is 16.3. The molecule has 0 radical (unpaired) electrons. The highest BCUT2D eigenvalue weighted by molar-refractivity contribution is 5.99. The highest BCUT2D eigenvalue weighted by Crippen LogP contribution is 2.56. The van der Waals surface area contributed by atoms with Crippen molar-refractivity contribution in [3.05, 3.63) is 191 Å². The molecule has 0 amide bonds. The summed E-state index contributed by atoms with van der Waals surface area (Å²) in [7, 11) is 0. The van der Waals surface area contributed by atoms with Crippen LogP contribution in [0.3, 0.4) is 0 Å². The molecule has 2 aromatic heterocycles. The van der Waals surface area contributed by atoms with E-state index >= 15 is 0 Å². The summed E-state index contributed by atoms with van der Waals surface area (Å²) in [5.74, 6) is -1.18. The lowest BCUT2D eigenvalue weighted by atomic mass is 9.85. The first-order chi connectivity index (χ1) is 33.8.